The summed E-state index contributed by atoms with van der Waals surface area (Å²) in [6, 6.07) is 13.7. The first-order valence-electron chi connectivity index (χ1n) is 13.3. The maximum Gasteiger partial charge on any atom is 0.220 e. The van der Waals surface area contributed by atoms with Gasteiger partial charge in [0.05, 0.1) is 11.3 Å². The highest BCUT2D eigenvalue weighted by Gasteiger charge is 2.19. The fraction of sp³-hybridized carbons (Fsp3) is 0.276. The van der Waals surface area contributed by atoms with Crippen LogP contribution in [0.2, 0.25) is 0 Å². The van der Waals surface area contributed by atoms with Gasteiger partial charge in [0.25, 0.3) is 0 Å². The van der Waals surface area contributed by atoms with Crippen molar-refractivity contribution in [3.63, 3.8) is 0 Å². The van der Waals surface area contributed by atoms with Crippen molar-refractivity contribution in [3.8, 4) is 40.3 Å². The number of nitrogens with one attached hydrogen (secondary N) is 2. The first kappa shape index (κ1) is 27.8. The summed E-state index contributed by atoms with van der Waals surface area (Å²) in [6.07, 6.45) is 2.71. The molecule has 5 aromatic rings. The summed E-state index contributed by atoms with van der Waals surface area (Å²) in [5.74, 6) is 0.231. The number of aromatic amines is 1. The molecular weight excluding hydrogens is 544 g/mol. The van der Waals surface area contributed by atoms with Crippen LogP contribution >= 0.6 is 12.2 Å². The zero-order chi connectivity index (χ0) is 29.3. The average Bonchev–Trinajstić information content (AvgIpc) is 3.61. The summed E-state index contributed by atoms with van der Waals surface area (Å²) < 4.78 is 5.51. The molecule has 0 fully saturated rings. The molecule has 1 amide bonds. The predicted molar refractivity (Wildman–Crippen MR) is 157 cm³/mol. The standard InChI is InChI=1S/C29H32N6O5S/c1-17(2)20-15-21(24(37)16-23(20)36)28-31-32-29(41)35(28)19-5-6-22-18(14-19)9-12-33(22)13-10-30-25(38)4-3-11-34-26(39)7-8-27(34)40/h5-9,12,14-17,36-37,39-40H,3-4,10-11,13H2,1-2H3,(H,30,38)(H,32,41). The molecule has 11 nitrogen and oxygen atoms in total. The van der Waals surface area contributed by atoms with E-state index in [-0.39, 0.29) is 41.5 Å². The van der Waals surface area contributed by atoms with Crippen molar-refractivity contribution in [3.05, 3.63) is 65.1 Å². The number of benzene rings is 2. The Morgan fingerprint density at radius 2 is 1.76 bits per heavy atom. The number of phenolic OH excluding ortho intramolecular Hbond substituents is 2. The molecule has 0 aliphatic heterocycles. The molecule has 3 aromatic heterocycles. The second-order valence-electron chi connectivity index (χ2n) is 10.2. The van der Waals surface area contributed by atoms with Gasteiger partial charge < -0.3 is 30.3 Å². The van der Waals surface area contributed by atoms with Gasteiger partial charge in [-0.25, -0.2) is 0 Å². The van der Waals surface area contributed by atoms with Gasteiger partial charge >= 0.3 is 0 Å². The van der Waals surface area contributed by atoms with Crippen LogP contribution in [-0.4, -0.2) is 56.8 Å². The monoisotopic (exact) mass is 576 g/mol. The molecule has 0 spiro atoms. The van der Waals surface area contributed by atoms with Gasteiger partial charge in [0.15, 0.2) is 22.4 Å². The number of hydrogen-bond donors (Lipinski definition) is 6. The van der Waals surface area contributed by atoms with Crippen LogP contribution in [0.25, 0.3) is 28.0 Å². The molecule has 0 saturated carbocycles. The van der Waals surface area contributed by atoms with Crippen molar-refractivity contribution in [2.75, 3.05) is 6.54 Å². The number of rotatable bonds is 10. The van der Waals surface area contributed by atoms with E-state index in [1.165, 1.54) is 22.8 Å². The summed E-state index contributed by atoms with van der Waals surface area (Å²) in [7, 11) is 0. The molecule has 0 aliphatic rings. The van der Waals surface area contributed by atoms with E-state index in [0.29, 0.717) is 47.8 Å². The minimum Gasteiger partial charge on any atom is -0.508 e. The number of nitrogens with zero attached hydrogens (tertiary/aromatic N) is 4. The van der Waals surface area contributed by atoms with Gasteiger partial charge in [-0.3, -0.25) is 19.0 Å². The number of carbonyl (C=O) groups excluding carboxylic acids is 1. The van der Waals surface area contributed by atoms with E-state index in [9.17, 15) is 25.2 Å². The number of amides is 1. The third-order valence-electron chi connectivity index (χ3n) is 7.09. The molecule has 6 N–H and O–H groups in total. The first-order valence-corrected chi connectivity index (χ1v) is 13.7. The predicted octanol–water partition coefficient (Wildman–Crippen LogP) is 4.90. The van der Waals surface area contributed by atoms with E-state index in [2.05, 4.69) is 15.5 Å². The summed E-state index contributed by atoms with van der Waals surface area (Å²) in [4.78, 5) is 12.3. The summed E-state index contributed by atoms with van der Waals surface area (Å²) in [6.45, 7) is 5.28. The summed E-state index contributed by atoms with van der Waals surface area (Å²) >= 11 is 5.53. The van der Waals surface area contributed by atoms with Gasteiger partial charge in [-0.1, -0.05) is 13.8 Å². The number of hydrogen-bond acceptors (Lipinski definition) is 7. The minimum atomic E-state index is -0.102. The number of aromatic hydroxyl groups is 4. The van der Waals surface area contributed by atoms with Crippen LogP contribution in [0, 0.1) is 4.77 Å². The maximum atomic E-state index is 12.3. The molecule has 214 valence electrons. The lowest BCUT2D eigenvalue weighted by Crippen LogP contribution is -2.27. The molecule has 12 heteroatoms. The molecule has 0 radical (unpaired) electrons. The topological polar surface area (TPSA) is 153 Å². The van der Waals surface area contributed by atoms with Crippen LogP contribution in [0.4, 0.5) is 0 Å². The summed E-state index contributed by atoms with van der Waals surface area (Å²) in [5, 5.41) is 51.4. The minimum absolute atomic E-state index is 0.0263. The Bertz CT molecular complexity index is 1760. The summed E-state index contributed by atoms with van der Waals surface area (Å²) in [5.41, 5.74) is 2.88. The van der Waals surface area contributed by atoms with Crippen LogP contribution in [-0.2, 0) is 17.9 Å². The Kier molecular flexibility index (Phi) is 7.75. The zero-order valence-corrected chi connectivity index (χ0v) is 23.5. The molecule has 3 heterocycles. The smallest absolute Gasteiger partial charge is 0.220 e. The highest BCUT2D eigenvalue weighted by atomic mass is 32.1. The molecular formula is C29H32N6O5S. The average molecular weight is 577 g/mol. The van der Waals surface area contributed by atoms with Gasteiger partial charge in [-0.05, 0) is 60.5 Å². The van der Waals surface area contributed by atoms with E-state index in [1.54, 1.807) is 10.6 Å². The lowest BCUT2D eigenvalue weighted by molar-refractivity contribution is -0.121. The number of carbonyl (C=O) groups is 1. The van der Waals surface area contributed by atoms with Crippen molar-refractivity contribution >= 4 is 29.0 Å². The normalized spacial score (nSPS) is 11.5. The van der Waals surface area contributed by atoms with Gasteiger partial charge in [0, 0.05) is 61.4 Å². The van der Waals surface area contributed by atoms with E-state index in [4.69, 9.17) is 12.2 Å². The molecule has 5 rings (SSSR count). The molecule has 41 heavy (non-hydrogen) atoms. The molecule has 2 aromatic carbocycles. The van der Waals surface area contributed by atoms with Crippen molar-refractivity contribution in [2.24, 2.45) is 0 Å². The fourth-order valence-corrected chi connectivity index (χ4v) is 5.19. The second-order valence-corrected chi connectivity index (χ2v) is 10.6. The van der Waals surface area contributed by atoms with E-state index in [1.807, 2.05) is 48.9 Å². The number of H-pyrrole nitrogens is 1. The highest BCUT2D eigenvalue weighted by molar-refractivity contribution is 7.71. The fourth-order valence-electron chi connectivity index (χ4n) is 4.95. The van der Waals surface area contributed by atoms with Gasteiger partial charge in [0.2, 0.25) is 5.91 Å². The number of aromatic nitrogens is 5. The Hall–Kier alpha value is -4.71. The third kappa shape index (κ3) is 5.64. The SMILES string of the molecule is CC(C)c1cc(-c2n[nH]c(=S)n2-c2ccc3c(ccn3CCNC(=O)CCCn3c(O)ccc3O)c2)c(O)cc1O. The van der Waals surface area contributed by atoms with Crippen LogP contribution < -0.4 is 5.32 Å². The van der Waals surface area contributed by atoms with Crippen LogP contribution in [0.3, 0.4) is 0 Å². The van der Waals surface area contributed by atoms with Gasteiger partial charge in [-0.2, -0.15) is 5.10 Å². The van der Waals surface area contributed by atoms with Crippen LogP contribution in [0.5, 0.6) is 23.3 Å². The molecule has 0 aliphatic carbocycles. The first-order chi connectivity index (χ1) is 19.6. The number of fused-ring (bicyclic) bond motifs is 1. The Balaban J connectivity index is 1.28. The van der Waals surface area contributed by atoms with Crippen molar-refractivity contribution in [2.45, 2.75) is 45.7 Å². The van der Waals surface area contributed by atoms with Gasteiger partial charge in [0.1, 0.15) is 11.5 Å². The molecule has 0 bridgehead atoms. The van der Waals surface area contributed by atoms with Crippen molar-refractivity contribution < 1.29 is 25.2 Å². The highest BCUT2D eigenvalue weighted by Crippen LogP contribution is 2.38. The second kappa shape index (κ2) is 11.4. The number of phenols is 2. The maximum absolute atomic E-state index is 12.3. The van der Waals surface area contributed by atoms with E-state index >= 15 is 0 Å². The molecule has 0 atom stereocenters. The Morgan fingerprint density at radius 3 is 2.49 bits per heavy atom. The molecule has 0 saturated heterocycles. The van der Waals surface area contributed by atoms with Gasteiger partial charge in [-0.15, -0.1) is 0 Å². The lowest BCUT2D eigenvalue weighted by atomic mass is 9.98. The Morgan fingerprint density at radius 1 is 1.00 bits per heavy atom. The zero-order valence-electron chi connectivity index (χ0n) is 22.7. The third-order valence-corrected chi connectivity index (χ3v) is 7.36. The van der Waals surface area contributed by atoms with E-state index in [0.717, 1.165) is 16.6 Å². The van der Waals surface area contributed by atoms with Crippen LogP contribution in [0.15, 0.2) is 54.7 Å². The Labute approximate surface area is 240 Å². The lowest BCUT2D eigenvalue weighted by Gasteiger charge is -2.14. The quantitative estimate of drug-likeness (QED) is 0.129. The largest absolute Gasteiger partial charge is 0.508 e. The van der Waals surface area contributed by atoms with Crippen molar-refractivity contribution in [1.29, 1.82) is 0 Å². The van der Waals surface area contributed by atoms with Crippen molar-refractivity contribution in [1.82, 2.24) is 29.2 Å². The molecule has 0 unspecified atom stereocenters. The van der Waals surface area contributed by atoms with Crippen LogP contribution in [0.1, 0.15) is 38.2 Å². The van der Waals surface area contributed by atoms with E-state index < -0.39 is 0 Å².